The average molecular weight is 593 g/mol. The molecule has 14 heteroatoms. The van der Waals surface area contributed by atoms with Crippen LogP contribution in [-0.2, 0) is 16.1 Å². The van der Waals surface area contributed by atoms with E-state index in [0.29, 0.717) is 27.5 Å². The van der Waals surface area contributed by atoms with Crippen molar-refractivity contribution >= 4 is 62.9 Å². The normalized spacial score (nSPS) is 16.8. The first kappa shape index (κ1) is 27.1. The summed E-state index contributed by atoms with van der Waals surface area (Å²) in [6.45, 7) is -0.697. The number of benzene rings is 3. The summed E-state index contributed by atoms with van der Waals surface area (Å²) in [5, 5.41) is 7.31. The van der Waals surface area contributed by atoms with Gasteiger partial charge in [0.25, 0.3) is 5.91 Å². The third-order valence-corrected chi connectivity index (χ3v) is 7.60. The fourth-order valence-electron chi connectivity index (χ4n) is 5.28. The number of nitrogen functional groups attached to an aromatic ring is 1. The summed E-state index contributed by atoms with van der Waals surface area (Å²) in [7, 11) is 0. The van der Waals surface area contributed by atoms with Crippen LogP contribution in [-0.4, -0.2) is 61.1 Å². The average Bonchev–Trinajstić information content (AvgIpc) is 3.65. The highest BCUT2D eigenvalue weighted by Gasteiger charge is 2.40. The summed E-state index contributed by atoms with van der Waals surface area (Å²) in [5.74, 6) is -2.74. The standard InChI is InChI=1S/C28H23ClF2N8O3/c29-22-14(8-9-18-25(22)36-28(33)35-18)15-5-3-6-17(23(15)31)34-27(42)20-10-13(30)11-38(20)21(40)12-39-19-7-2-1-4-16(19)24(37-39)26(32)41/h1-9,13,20H,10-12H2,(H2,32,41)(H,34,42)(H3,33,35,36)/t13-,20+/m1/s1. The maximum atomic E-state index is 15.7. The molecule has 1 saturated heterocycles. The fourth-order valence-corrected chi connectivity index (χ4v) is 5.59. The summed E-state index contributed by atoms with van der Waals surface area (Å²) in [4.78, 5) is 46.5. The third-order valence-electron chi connectivity index (χ3n) is 7.21. The Labute approximate surface area is 241 Å². The first-order chi connectivity index (χ1) is 20.1. The maximum absolute atomic E-state index is 15.7. The van der Waals surface area contributed by atoms with Crippen LogP contribution in [0.2, 0.25) is 5.02 Å². The van der Waals surface area contributed by atoms with Crippen molar-refractivity contribution in [2.24, 2.45) is 5.73 Å². The number of hydrogen-bond acceptors (Lipinski definition) is 6. The first-order valence-electron chi connectivity index (χ1n) is 12.8. The lowest BCUT2D eigenvalue weighted by Crippen LogP contribution is -2.44. The number of amides is 3. The number of para-hydroxylation sites is 1. The number of rotatable bonds is 6. The molecule has 6 N–H and O–H groups in total. The van der Waals surface area contributed by atoms with Crippen molar-refractivity contribution in [3.63, 3.8) is 0 Å². The molecule has 2 aromatic heterocycles. The van der Waals surface area contributed by atoms with Crippen LogP contribution in [0, 0.1) is 5.82 Å². The van der Waals surface area contributed by atoms with Crippen molar-refractivity contribution in [2.75, 3.05) is 17.6 Å². The monoisotopic (exact) mass is 592 g/mol. The summed E-state index contributed by atoms with van der Waals surface area (Å²) in [6.07, 6.45) is -1.74. The predicted octanol–water partition coefficient (Wildman–Crippen LogP) is 3.63. The van der Waals surface area contributed by atoms with Crippen molar-refractivity contribution in [3.8, 4) is 11.1 Å². The summed E-state index contributed by atoms with van der Waals surface area (Å²) in [5.41, 5.74) is 12.8. The van der Waals surface area contributed by atoms with Gasteiger partial charge >= 0.3 is 0 Å². The predicted molar refractivity (Wildman–Crippen MR) is 153 cm³/mol. The highest BCUT2D eigenvalue weighted by molar-refractivity contribution is 6.37. The molecule has 5 aromatic rings. The Bertz CT molecular complexity index is 1910. The van der Waals surface area contributed by atoms with Crippen LogP contribution in [0.4, 0.5) is 20.4 Å². The molecule has 42 heavy (non-hydrogen) atoms. The number of hydrogen-bond donors (Lipinski definition) is 4. The van der Waals surface area contributed by atoms with Crippen molar-refractivity contribution < 1.29 is 23.2 Å². The lowest BCUT2D eigenvalue weighted by molar-refractivity contribution is -0.137. The van der Waals surface area contributed by atoms with E-state index in [2.05, 4.69) is 20.4 Å². The zero-order valence-electron chi connectivity index (χ0n) is 21.8. The van der Waals surface area contributed by atoms with Crippen LogP contribution in [0.1, 0.15) is 16.9 Å². The zero-order chi connectivity index (χ0) is 29.7. The van der Waals surface area contributed by atoms with Crippen LogP contribution in [0.25, 0.3) is 33.1 Å². The van der Waals surface area contributed by atoms with Crippen LogP contribution in [0.5, 0.6) is 0 Å². The Hall–Kier alpha value is -5.04. The van der Waals surface area contributed by atoms with Gasteiger partial charge in [-0.05, 0) is 18.2 Å². The summed E-state index contributed by atoms with van der Waals surface area (Å²) < 4.78 is 31.5. The Kier molecular flexibility index (Phi) is 6.73. The Morgan fingerprint density at radius 2 is 1.88 bits per heavy atom. The topological polar surface area (TPSA) is 165 Å². The number of carbonyl (C=O) groups excluding carboxylic acids is 3. The zero-order valence-corrected chi connectivity index (χ0v) is 22.5. The molecule has 11 nitrogen and oxygen atoms in total. The second-order valence-electron chi connectivity index (χ2n) is 9.88. The molecule has 3 aromatic carbocycles. The number of nitrogens with zero attached hydrogens (tertiary/aromatic N) is 4. The smallest absolute Gasteiger partial charge is 0.269 e. The van der Waals surface area contributed by atoms with E-state index in [1.165, 1.54) is 22.9 Å². The fraction of sp³-hybridized carbons (Fsp3) is 0.179. The van der Waals surface area contributed by atoms with Crippen molar-refractivity contribution in [1.82, 2.24) is 24.6 Å². The van der Waals surface area contributed by atoms with Gasteiger partial charge in [-0.2, -0.15) is 5.10 Å². The van der Waals surface area contributed by atoms with Gasteiger partial charge in [0, 0.05) is 22.9 Å². The number of likely N-dealkylation sites (tertiary alicyclic amines) is 1. The van der Waals surface area contributed by atoms with E-state index in [1.807, 2.05) is 0 Å². The molecule has 3 amide bonds. The van der Waals surface area contributed by atoms with E-state index in [4.69, 9.17) is 23.1 Å². The number of carbonyl (C=O) groups is 3. The molecule has 1 fully saturated rings. The lowest BCUT2D eigenvalue weighted by Gasteiger charge is -2.24. The van der Waals surface area contributed by atoms with E-state index < -0.39 is 35.8 Å². The van der Waals surface area contributed by atoms with E-state index in [1.54, 1.807) is 36.4 Å². The van der Waals surface area contributed by atoms with Gasteiger partial charge in [-0.25, -0.2) is 13.8 Å². The number of anilines is 2. The van der Waals surface area contributed by atoms with Crippen molar-refractivity contribution in [1.29, 1.82) is 0 Å². The molecule has 0 spiro atoms. The van der Waals surface area contributed by atoms with Gasteiger partial charge < -0.3 is 26.7 Å². The number of imidazole rings is 1. The molecule has 3 heterocycles. The SMILES string of the molecule is NC(=O)c1nn(CC(=O)N2C[C@H](F)C[C@H]2C(=O)Nc2cccc(-c3ccc4nc(N)[nH]c4c3Cl)c2F)c2ccccc12. The van der Waals surface area contributed by atoms with Crippen molar-refractivity contribution in [2.45, 2.75) is 25.2 Å². The van der Waals surface area contributed by atoms with Crippen LogP contribution in [0.3, 0.4) is 0 Å². The molecule has 214 valence electrons. The summed E-state index contributed by atoms with van der Waals surface area (Å²) >= 11 is 6.52. The van der Waals surface area contributed by atoms with Gasteiger partial charge in [-0.3, -0.25) is 19.1 Å². The van der Waals surface area contributed by atoms with Gasteiger partial charge in [-0.1, -0.05) is 48.0 Å². The van der Waals surface area contributed by atoms with Crippen molar-refractivity contribution in [3.05, 3.63) is 71.1 Å². The van der Waals surface area contributed by atoms with Gasteiger partial charge in [0.05, 0.1) is 33.8 Å². The minimum absolute atomic E-state index is 0.0110. The number of aromatic nitrogens is 4. The Balaban J connectivity index is 1.25. The molecule has 0 saturated carbocycles. The highest BCUT2D eigenvalue weighted by atomic mass is 35.5. The second-order valence-corrected chi connectivity index (χ2v) is 10.3. The number of aromatic amines is 1. The quantitative estimate of drug-likeness (QED) is 0.235. The number of nitrogens with one attached hydrogen (secondary N) is 2. The maximum Gasteiger partial charge on any atom is 0.269 e. The van der Waals surface area contributed by atoms with E-state index in [9.17, 15) is 18.8 Å². The second kappa shape index (κ2) is 10.4. The Morgan fingerprint density at radius 1 is 1.10 bits per heavy atom. The lowest BCUT2D eigenvalue weighted by atomic mass is 10.0. The van der Waals surface area contributed by atoms with E-state index in [0.717, 1.165) is 4.90 Å². The molecular weight excluding hydrogens is 570 g/mol. The number of H-pyrrole nitrogens is 1. The molecule has 1 aliphatic rings. The number of nitrogens with two attached hydrogens (primary N) is 2. The number of primary amides is 1. The molecule has 0 aliphatic carbocycles. The van der Waals surface area contributed by atoms with Gasteiger partial charge in [-0.15, -0.1) is 0 Å². The number of halogens is 3. The molecule has 0 bridgehead atoms. The molecule has 0 radical (unpaired) electrons. The van der Waals surface area contributed by atoms with Gasteiger partial charge in [0.1, 0.15) is 18.8 Å². The highest BCUT2D eigenvalue weighted by Crippen LogP contribution is 2.37. The molecule has 0 unspecified atom stereocenters. The van der Waals surface area contributed by atoms with Gasteiger partial charge in [0.15, 0.2) is 17.5 Å². The van der Waals surface area contributed by atoms with E-state index >= 15 is 4.39 Å². The third kappa shape index (κ3) is 4.67. The first-order valence-corrected chi connectivity index (χ1v) is 13.2. The van der Waals surface area contributed by atoms with E-state index in [-0.39, 0.29) is 47.4 Å². The molecular formula is C28H23ClF2N8O3. The Morgan fingerprint density at radius 3 is 2.67 bits per heavy atom. The molecule has 6 rings (SSSR count). The summed E-state index contributed by atoms with van der Waals surface area (Å²) in [6, 6.07) is 13.1. The minimum Gasteiger partial charge on any atom is -0.369 e. The minimum atomic E-state index is -1.47. The number of fused-ring (bicyclic) bond motifs is 2. The number of alkyl halides is 1. The largest absolute Gasteiger partial charge is 0.369 e. The van der Waals surface area contributed by atoms with Crippen LogP contribution >= 0.6 is 11.6 Å². The molecule has 2 atom stereocenters. The van der Waals surface area contributed by atoms with Crippen LogP contribution < -0.4 is 16.8 Å². The van der Waals surface area contributed by atoms with Gasteiger partial charge in [0.2, 0.25) is 11.8 Å². The molecule has 1 aliphatic heterocycles. The van der Waals surface area contributed by atoms with Crippen LogP contribution in [0.15, 0.2) is 54.6 Å².